The molecule has 7 nitrogen and oxygen atoms in total. The number of hydrogen-bond acceptors (Lipinski definition) is 6. The number of carbonyl (C=O) groups is 1. The van der Waals surface area contributed by atoms with Gasteiger partial charge in [0.1, 0.15) is 13.2 Å². The zero-order chi connectivity index (χ0) is 25.7. The van der Waals surface area contributed by atoms with Gasteiger partial charge in [0.25, 0.3) is 0 Å². The lowest BCUT2D eigenvalue weighted by Crippen LogP contribution is -2.31. The SMILES string of the molecule is CCC1C=CN(C(C)C)C=C1S(=O)(=O)C1CCCCC(C(=O)Nc2ccc3c(c2)OCCO3)CCC1. The van der Waals surface area contributed by atoms with Gasteiger partial charge in [-0.3, -0.25) is 4.79 Å². The maximum Gasteiger partial charge on any atom is 0.227 e. The van der Waals surface area contributed by atoms with Crippen LogP contribution in [0.25, 0.3) is 0 Å². The van der Waals surface area contributed by atoms with Crippen molar-refractivity contribution < 1.29 is 22.7 Å². The summed E-state index contributed by atoms with van der Waals surface area (Å²) in [7, 11) is -3.42. The van der Waals surface area contributed by atoms with E-state index in [-0.39, 0.29) is 23.8 Å². The van der Waals surface area contributed by atoms with Gasteiger partial charge in [-0.15, -0.1) is 0 Å². The Balaban J connectivity index is 1.40. The first kappa shape index (κ1) is 26.6. The standard InChI is InChI=1S/C28H40N2O5S/c1-4-21-14-15-30(20(2)3)19-27(21)36(32,33)24-10-6-5-8-22(9-7-11-24)28(31)29-23-12-13-25-26(18-23)35-17-16-34-25/h12-15,18-22,24H,4-11,16-17H2,1-3H3,(H,29,31). The average Bonchev–Trinajstić information content (AvgIpc) is 3.01. The number of hydrogen-bond donors (Lipinski definition) is 1. The van der Waals surface area contributed by atoms with Crippen LogP contribution in [-0.4, -0.2) is 43.7 Å². The number of nitrogens with one attached hydrogen (secondary N) is 1. The highest BCUT2D eigenvalue weighted by atomic mass is 32.2. The second kappa shape index (κ2) is 11.7. The molecule has 36 heavy (non-hydrogen) atoms. The van der Waals surface area contributed by atoms with Crippen LogP contribution in [0.2, 0.25) is 0 Å². The lowest BCUT2D eigenvalue weighted by Gasteiger charge is -2.31. The Bertz CT molecular complexity index is 1100. The molecule has 2 aliphatic heterocycles. The van der Waals surface area contributed by atoms with Gasteiger partial charge in [-0.1, -0.05) is 32.3 Å². The summed E-state index contributed by atoms with van der Waals surface area (Å²) in [6.45, 7) is 7.19. The molecule has 4 rings (SSSR count). The molecule has 1 saturated carbocycles. The predicted octanol–water partition coefficient (Wildman–Crippen LogP) is 5.65. The van der Waals surface area contributed by atoms with E-state index in [4.69, 9.17) is 9.47 Å². The van der Waals surface area contributed by atoms with Crippen LogP contribution in [0.5, 0.6) is 11.5 Å². The molecule has 0 aromatic heterocycles. The number of rotatable bonds is 6. The van der Waals surface area contributed by atoms with Gasteiger partial charge in [0.2, 0.25) is 5.91 Å². The lowest BCUT2D eigenvalue weighted by molar-refractivity contribution is -0.120. The first-order chi connectivity index (χ1) is 17.3. The first-order valence-corrected chi connectivity index (χ1v) is 15.0. The molecule has 198 valence electrons. The van der Waals surface area contributed by atoms with Gasteiger partial charge >= 0.3 is 0 Å². The van der Waals surface area contributed by atoms with E-state index in [1.165, 1.54) is 0 Å². The van der Waals surface area contributed by atoms with E-state index in [0.717, 1.165) is 32.1 Å². The van der Waals surface area contributed by atoms with Crippen LogP contribution < -0.4 is 14.8 Å². The van der Waals surface area contributed by atoms with E-state index in [1.54, 1.807) is 6.07 Å². The fraction of sp³-hybridized carbons (Fsp3) is 0.607. The van der Waals surface area contributed by atoms with E-state index in [9.17, 15) is 13.2 Å². The Kier molecular flexibility index (Phi) is 8.65. The van der Waals surface area contributed by atoms with Crippen molar-refractivity contribution in [1.29, 1.82) is 0 Å². The van der Waals surface area contributed by atoms with E-state index in [1.807, 2.05) is 42.4 Å². The van der Waals surface area contributed by atoms with Crippen molar-refractivity contribution in [3.63, 3.8) is 0 Å². The lowest BCUT2D eigenvalue weighted by atomic mass is 9.96. The highest BCUT2D eigenvalue weighted by Gasteiger charge is 2.35. The normalized spacial score (nSPS) is 24.9. The predicted molar refractivity (Wildman–Crippen MR) is 143 cm³/mol. The molecule has 8 heteroatoms. The molecular formula is C28H40N2O5S. The molecule has 3 aliphatic rings. The van der Waals surface area contributed by atoms with E-state index >= 15 is 0 Å². The molecule has 0 spiro atoms. The number of anilines is 1. The van der Waals surface area contributed by atoms with Gasteiger partial charge in [0.15, 0.2) is 21.3 Å². The Morgan fingerprint density at radius 2 is 1.75 bits per heavy atom. The zero-order valence-corrected chi connectivity index (χ0v) is 22.6. The van der Waals surface area contributed by atoms with Crippen molar-refractivity contribution in [3.8, 4) is 11.5 Å². The molecule has 1 aromatic carbocycles. The van der Waals surface area contributed by atoms with E-state index in [0.29, 0.717) is 54.6 Å². The topological polar surface area (TPSA) is 84.9 Å². The largest absolute Gasteiger partial charge is 0.486 e. The first-order valence-electron chi connectivity index (χ1n) is 13.4. The van der Waals surface area contributed by atoms with Crippen molar-refractivity contribution >= 4 is 21.4 Å². The minimum absolute atomic E-state index is 0.00765. The minimum atomic E-state index is -3.42. The smallest absolute Gasteiger partial charge is 0.227 e. The van der Waals surface area contributed by atoms with Crippen molar-refractivity contribution in [1.82, 2.24) is 4.90 Å². The molecule has 3 atom stereocenters. The molecule has 1 aromatic rings. The van der Waals surface area contributed by atoms with E-state index in [2.05, 4.69) is 19.2 Å². The summed E-state index contributed by atoms with van der Waals surface area (Å²) in [6, 6.07) is 5.67. The number of allylic oxidation sites excluding steroid dienone is 2. The quantitative estimate of drug-likeness (QED) is 0.526. The third kappa shape index (κ3) is 6.07. The molecule has 0 saturated heterocycles. The third-order valence-electron chi connectivity index (χ3n) is 7.52. The highest BCUT2D eigenvalue weighted by Crippen LogP contribution is 2.36. The zero-order valence-electron chi connectivity index (χ0n) is 21.7. The monoisotopic (exact) mass is 516 g/mol. The van der Waals surface area contributed by atoms with Crippen molar-refractivity contribution in [3.05, 3.63) is 41.6 Å². The number of benzene rings is 1. The second-order valence-corrected chi connectivity index (χ2v) is 12.6. The fourth-order valence-corrected chi connectivity index (χ4v) is 7.58. The number of sulfone groups is 1. The molecule has 0 bridgehead atoms. The Morgan fingerprint density at radius 1 is 1.06 bits per heavy atom. The summed E-state index contributed by atoms with van der Waals surface area (Å²) in [6.07, 6.45) is 11.7. The van der Waals surface area contributed by atoms with Gasteiger partial charge < -0.3 is 19.7 Å². The summed E-state index contributed by atoms with van der Waals surface area (Å²) in [4.78, 5) is 15.6. The van der Waals surface area contributed by atoms with Crippen molar-refractivity contribution in [2.75, 3.05) is 18.5 Å². The Labute approximate surface area is 215 Å². The summed E-state index contributed by atoms with van der Waals surface area (Å²) in [5.41, 5.74) is 0.696. The maximum atomic E-state index is 13.8. The van der Waals surface area contributed by atoms with Crippen molar-refractivity contribution in [2.24, 2.45) is 11.8 Å². The molecule has 2 heterocycles. The van der Waals surface area contributed by atoms with Gasteiger partial charge in [-0.05, 0) is 58.1 Å². The van der Waals surface area contributed by atoms with Crippen LogP contribution in [0.3, 0.4) is 0 Å². The molecule has 1 aliphatic carbocycles. The summed E-state index contributed by atoms with van der Waals surface area (Å²) in [5.74, 6) is 1.14. The summed E-state index contributed by atoms with van der Waals surface area (Å²) < 4.78 is 38.8. The third-order valence-corrected chi connectivity index (χ3v) is 9.94. The molecule has 1 fully saturated rings. The van der Waals surface area contributed by atoms with Crippen LogP contribution in [0, 0.1) is 11.8 Å². The Hall–Kier alpha value is -2.48. The van der Waals surface area contributed by atoms with Crippen LogP contribution in [0.15, 0.2) is 41.6 Å². The molecule has 1 N–H and O–H groups in total. The molecular weight excluding hydrogens is 476 g/mol. The number of carbonyl (C=O) groups excluding carboxylic acids is 1. The van der Waals surface area contributed by atoms with Gasteiger partial charge in [-0.25, -0.2) is 8.42 Å². The number of nitrogens with zero attached hydrogens (tertiary/aromatic N) is 1. The maximum absolute atomic E-state index is 13.8. The van der Waals surface area contributed by atoms with Gasteiger partial charge in [0.05, 0.1) is 10.2 Å². The van der Waals surface area contributed by atoms with Crippen molar-refractivity contribution in [2.45, 2.75) is 83.4 Å². The van der Waals surface area contributed by atoms with Crippen LogP contribution in [0.4, 0.5) is 5.69 Å². The van der Waals surface area contributed by atoms with Crippen LogP contribution >= 0.6 is 0 Å². The molecule has 0 radical (unpaired) electrons. The highest BCUT2D eigenvalue weighted by molar-refractivity contribution is 7.95. The number of fused-ring (bicyclic) bond motifs is 1. The average molecular weight is 517 g/mol. The summed E-state index contributed by atoms with van der Waals surface area (Å²) in [5, 5.41) is 2.65. The summed E-state index contributed by atoms with van der Waals surface area (Å²) >= 11 is 0. The second-order valence-electron chi connectivity index (χ2n) is 10.4. The number of ether oxygens (including phenoxy) is 2. The van der Waals surface area contributed by atoms with E-state index < -0.39 is 15.1 Å². The fourth-order valence-electron chi connectivity index (χ4n) is 5.30. The molecule has 1 amide bonds. The molecule has 3 unspecified atom stereocenters. The van der Waals surface area contributed by atoms with Gasteiger partial charge in [-0.2, -0.15) is 0 Å². The van der Waals surface area contributed by atoms with Crippen LogP contribution in [-0.2, 0) is 14.6 Å². The van der Waals surface area contributed by atoms with Gasteiger partial charge in [0, 0.05) is 42.0 Å². The number of amides is 1. The Morgan fingerprint density at radius 3 is 2.50 bits per heavy atom. The van der Waals surface area contributed by atoms with Crippen LogP contribution in [0.1, 0.15) is 72.1 Å². The minimum Gasteiger partial charge on any atom is -0.486 e.